The standard InChI is InChI=1S/C22H17Cl2N3O5S2/c1-33(29,30)15-6-3-5-13(9-15)12-27-20-14(11-25-22(26-20)34(2,31)32)10-16(21(27)28)19-17(23)7-4-8-18(19)24/h3-11H,12H2,1-2H3. The van der Waals surface area contributed by atoms with Crippen LogP contribution in [0.4, 0.5) is 0 Å². The zero-order chi connectivity index (χ0) is 24.8. The maximum atomic E-state index is 13.7. The number of halogens is 2. The minimum atomic E-state index is -3.76. The Morgan fingerprint density at radius 3 is 2.18 bits per heavy atom. The van der Waals surface area contributed by atoms with Gasteiger partial charge in [-0.2, -0.15) is 4.98 Å². The molecule has 4 aromatic rings. The van der Waals surface area contributed by atoms with Gasteiger partial charge in [0.25, 0.3) is 5.56 Å². The average molecular weight is 538 g/mol. The molecule has 0 bridgehead atoms. The lowest BCUT2D eigenvalue weighted by Crippen LogP contribution is -2.24. The van der Waals surface area contributed by atoms with Crippen LogP contribution in [-0.2, 0) is 26.2 Å². The van der Waals surface area contributed by atoms with Crippen molar-refractivity contribution in [1.29, 1.82) is 0 Å². The Kier molecular flexibility index (Phi) is 6.28. The van der Waals surface area contributed by atoms with E-state index in [1.165, 1.54) is 29.0 Å². The normalized spacial score (nSPS) is 12.2. The quantitative estimate of drug-likeness (QED) is 0.357. The van der Waals surface area contributed by atoms with Crippen molar-refractivity contribution in [2.24, 2.45) is 0 Å². The minimum absolute atomic E-state index is 0.0668. The molecule has 0 atom stereocenters. The first-order valence-corrected chi connectivity index (χ1v) is 14.2. The highest BCUT2D eigenvalue weighted by Gasteiger charge is 2.20. The molecule has 0 aliphatic heterocycles. The molecule has 0 aliphatic carbocycles. The van der Waals surface area contributed by atoms with Gasteiger partial charge in [0.1, 0.15) is 5.65 Å². The van der Waals surface area contributed by atoms with Crippen LogP contribution < -0.4 is 5.56 Å². The van der Waals surface area contributed by atoms with Crippen LogP contribution in [0.1, 0.15) is 5.56 Å². The SMILES string of the molecule is CS(=O)(=O)c1cccc(Cn2c(=O)c(-c3c(Cl)cccc3Cl)cc3cnc(S(C)(=O)=O)nc32)c1. The molecule has 0 fully saturated rings. The molecule has 0 saturated heterocycles. The lowest BCUT2D eigenvalue weighted by atomic mass is 10.1. The summed E-state index contributed by atoms with van der Waals surface area (Å²) < 4.78 is 49.4. The van der Waals surface area contributed by atoms with Crippen LogP contribution in [0.5, 0.6) is 0 Å². The van der Waals surface area contributed by atoms with Gasteiger partial charge in [0.05, 0.1) is 27.0 Å². The van der Waals surface area contributed by atoms with Crippen LogP contribution in [0.3, 0.4) is 0 Å². The molecule has 0 saturated carbocycles. The first-order valence-electron chi connectivity index (χ1n) is 9.70. The number of benzene rings is 2. The van der Waals surface area contributed by atoms with E-state index < -0.39 is 30.4 Å². The summed E-state index contributed by atoms with van der Waals surface area (Å²) in [5.74, 6) is 0. The van der Waals surface area contributed by atoms with E-state index in [1.807, 2.05) is 0 Å². The third kappa shape index (κ3) is 4.72. The number of rotatable bonds is 5. The Morgan fingerprint density at radius 2 is 1.56 bits per heavy atom. The molecule has 0 radical (unpaired) electrons. The van der Waals surface area contributed by atoms with E-state index in [-0.39, 0.29) is 32.7 Å². The molecule has 34 heavy (non-hydrogen) atoms. The molecule has 0 amide bonds. The van der Waals surface area contributed by atoms with E-state index in [4.69, 9.17) is 23.2 Å². The van der Waals surface area contributed by atoms with Crippen molar-refractivity contribution in [2.75, 3.05) is 12.5 Å². The zero-order valence-corrected chi connectivity index (χ0v) is 21.0. The molecule has 4 rings (SSSR count). The number of sulfone groups is 2. The van der Waals surface area contributed by atoms with Crippen molar-refractivity contribution in [2.45, 2.75) is 16.6 Å². The van der Waals surface area contributed by atoms with Crippen LogP contribution in [0.15, 0.2) is 69.6 Å². The Hall–Kier alpha value is -2.79. The Morgan fingerprint density at radius 1 is 0.912 bits per heavy atom. The molecule has 2 heterocycles. The Balaban J connectivity index is 2.05. The van der Waals surface area contributed by atoms with E-state index in [0.717, 1.165) is 12.5 Å². The van der Waals surface area contributed by atoms with Gasteiger partial charge in [0, 0.05) is 29.7 Å². The molecular formula is C22H17Cl2N3O5S2. The summed E-state index contributed by atoms with van der Waals surface area (Å²) in [7, 11) is -7.24. The van der Waals surface area contributed by atoms with Crippen LogP contribution in [0.25, 0.3) is 22.2 Å². The first kappa shape index (κ1) is 24.3. The van der Waals surface area contributed by atoms with E-state index >= 15 is 0 Å². The van der Waals surface area contributed by atoms with Gasteiger partial charge in [-0.1, -0.05) is 41.4 Å². The molecule has 176 valence electrons. The van der Waals surface area contributed by atoms with Gasteiger partial charge in [-0.25, -0.2) is 21.8 Å². The second kappa shape index (κ2) is 8.77. The van der Waals surface area contributed by atoms with Gasteiger partial charge in [-0.05, 0) is 35.9 Å². The van der Waals surface area contributed by atoms with Crippen LogP contribution in [0, 0.1) is 0 Å². The topological polar surface area (TPSA) is 116 Å². The predicted molar refractivity (Wildman–Crippen MR) is 131 cm³/mol. The summed E-state index contributed by atoms with van der Waals surface area (Å²) in [6.07, 6.45) is 3.35. The number of pyridine rings is 1. The molecule has 2 aromatic heterocycles. The van der Waals surface area contributed by atoms with Gasteiger partial charge >= 0.3 is 0 Å². The maximum Gasteiger partial charge on any atom is 0.260 e. The highest BCUT2D eigenvalue weighted by molar-refractivity contribution is 7.90. The zero-order valence-electron chi connectivity index (χ0n) is 17.9. The average Bonchev–Trinajstić information content (AvgIpc) is 2.75. The van der Waals surface area contributed by atoms with Gasteiger partial charge in [-0.3, -0.25) is 9.36 Å². The molecular weight excluding hydrogens is 521 g/mol. The van der Waals surface area contributed by atoms with Crippen molar-refractivity contribution in [3.63, 3.8) is 0 Å². The molecule has 0 spiro atoms. The molecule has 8 nitrogen and oxygen atoms in total. The Bertz CT molecular complexity index is 1710. The van der Waals surface area contributed by atoms with Crippen molar-refractivity contribution >= 4 is 53.9 Å². The summed E-state index contributed by atoms with van der Waals surface area (Å²) in [6.45, 7) is -0.0885. The van der Waals surface area contributed by atoms with Crippen LogP contribution >= 0.6 is 23.2 Å². The number of hydrogen-bond acceptors (Lipinski definition) is 7. The van der Waals surface area contributed by atoms with E-state index in [9.17, 15) is 21.6 Å². The van der Waals surface area contributed by atoms with Crippen molar-refractivity contribution in [3.05, 3.63) is 80.7 Å². The monoisotopic (exact) mass is 537 g/mol. The van der Waals surface area contributed by atoms with Crippen LogP contribution in [0.2, 0.25) is 10.0 Å². The van der Waals surface area contributed by atoms with Gasteiger partial charge in [0.15, 0.2) is 9.84 Å². The fourth-order valence-corrected chi connectivity index (χ4v) is 5.25. The highest BCUT2D eigenvalue weighted by atomic mass is 35.5. The van der Waals surface area contributed by atoms with Crippen LogP contribution in [-0.4, -0.2) is 43.9 Å². The smallest absolute Gasteiger partial charge is 0.260 e. The molecule has 0 aliphatic rings. The van der Waals surface area contributed by atoms with E-state index in [1.54, 1.807) is 30.3 Å². The minimum Gasteiger partial charge on any atom is -0.288 e. The summed E-state index contributed by atoms with van der Waals surface area (Å²) in [5.41, 5.74) is 0.498. The number of aromatic nitrogens is 3. The lowest BCUT2D eigenvalue weighted by Gasteiger charge is -2.15. The summed E-state index contributed by atoms with van der Waals surface area (Å²) in [4.78, 5) is 21.8. The number of fused-ring (bicyclic) bond motifs is 1. The molecule has 0 unspecified atom stereocenters. The molecule has 0 N–H and O–H groups in total. The largest absolute Gasteiger partial charge is 0.288 e. The Labute approximate surface area is 205 Å². The van der Waals surface area contributed by atoms with E-state index in [2.05, 4.69) is 9.97 Å². The third-order valence-corrected chi connectivity index (χ3v) is 7.64. The lowest BCUT2D eigenvalue weighted by molar-refractivity contribution is 0.592. The van der Waals surface area contributed by atoms with E-state index in [0.29, 0.717) is 16.5 Å². The second-order valence-electron chi connectivity index (χ2n) is 7.67. The predicted octanol–water partition coefficient (Wildman–Crippen LogP) is 3.62. The second-order valence-corrected chi connectivity index (χ2v) is 12.4. The van der Waals surface area contributed by atoms with Gasteiger partial charge < -0.3 is 0 Å². The highest BCUT2D eigenvalue weighted by Crippen LogP contribution is 2.34. The van der Waals surface area contributed by atoms with Crippen molar-refractivity contribution in [1.82, 2.24) is 14.5 Å². The van der Waals surface area contributed by atoms with Gasteiger partial charge in [-0.15, -0.1) is 0 Å². The third-order valence-electron chi connectivity index (χ3n) is 5.04. The van der Waals surface area contributed by atoms with Crippen molar-refractivity contribution < 1.29 is 16.8 Å². The van der Waals surface area contributed by atoms with Gasteiger partial charge in [0.2, 0.25) is 15.0 Å². The van der Waals surface area contributed by atoms with Crippen molar-refractivity contribution in [3.8, 4) is 11.1 Å². The summed E-state index contributed by atoms with van der Waals surface area (Å²) >= 11 is 12.7. The fourth-order valence-electron chi connectivity index (χ4n) is 3.46. The maximum absolute atomic E-state index is 13.7. The molecule has 2 aromatic carbocycles. The fraction of sp³-hybridized carbons (Fsp3) is 0.136. The number of hydrogen-bond donors (Lipinski definition) is 0. The molecule has 12 heteroatoms. The number of nitrogens with zero attached hydrogens (tertiary/aromatic N) is 3. The first-order chi connectivity index (χ1) is 15.9. The summed E-state index contributed by atoms with van der Waals surface area (Å²) in [5, 5.41) is 0.435. The summed E-state index contributed by atoms with van der Waals surface area (Å²) in [6, 6.07) is 12.4.